The average molecular weight is 394 g/mol. The standard InChI is InChI=1S/C23H26N2O4/c1-16-6-5-7-21(17(16)2)18(3)22-24-12-13-25(22)15-29-23(26)28-14-19-8-10-20(27-4)11-9-19/h5-13,18H,14-15H2,1-4H3. The van der Waals surface area contributed by atoms with E-state index in [0.29, 0.717) is 0 Å². The van der Waals surface area contributed by atoms with Crippen LogP contribution in [0, 0.1) is 13.8 Å². The van der Waals surface area contributed by atoms with Gasteiger partial charge in [0.25, 0.3) is 0 Å². The maximum atomic E-state index is 12.0. The molecule has 152 valence electrons. The van der Waals surface area contributed by atoms with Gasteiger partial charge in [-0.1, -0.05) is 37.3 Å². The number of hydrogen-bond donors (Lipinski definition) is 0. The lowest BCUT2D eigenvalue weighted by Crippen LogP contribution is -2.14. The van der Waals surface area contributed by atoms with Gasteiger partial charge < -0.3 is 18.8 Å². The fraction of sp³-hybridized carbons (Fsp3) is 0.304. The van der Waals surface area contributed by atoms with Crippen LogP contribution in [-0.2, 0) is 22.8 Å². The molecular formula is C23H26N2O4. The highest BCUT2D eigenvalue weighted by atomic mass is 16.7. The first-order valence-corrected chi connectivity index (χ1v) is 9.49. The van der Waals surface area contributed by atoms with Gasteiger partial charge in [-0.2, -0.15) is 0 Å². The van der Waals surface area contributed by atoms with E-state index in [9.17, 15) is 4.79 Å². The summed E-state index contributed by atoms with van der Waals surface area (Å²) in [6, 6.07) is 13.6. The molecule has 6 heteroatoms. The van der Waals surface area contributed by atoms with Crippen molar-refractivity contribution in [1.82, 2.24) is 9.55 Å². The fourth-order valence-electron chi connectivity index (χ4n) is 3.22. The summed E-state index contributed by atoms with van der Waals surface area (Å²) in [5.41, 5.74) is 4.55. The van der Waals surface area contributed by atoms with Gasteiger partial charge in [0.05, 0.1) is 7.11 Å². The number of aryl methyl sites for hydroxylation is 1. The highest BCUT2D eigenvalue weighted by molar-refractivity contribution is 5.59. The van der Waals surface area contributed by atoms with Crippen LogP contribution >= 0.6 is 0 Å². The molecule has 1 unspecified atom stereocenters. The number of methoxy groups -OCH3 is 1. The molecule has 1 aromatic heterocycles. The molecule has 1 atom stereocenters. The number of ether oxygens (including phenoxy) is 3. The number of imidazole rings is 1. The number of aromatic nitrogens is 2. The lowest BCUT2D eigenvalue weighted by molar-refractivity contribution is 0.0282. The minimum Gasteiger partial charge on any atom is -0.497 e. The third kappa shape index (κ3) is 4.96. The zero-order valence-electron chi connectivity index (χ0n) is 17.2. The van der Waals surface area contributed by atoms with E-state index in [1.807, 2.05) is 28.8 Å². The second-order valence-electron chi connectivity index (χ2n) is 6.93. The van der Waals surface area contributed by atoms with Gasteiger partial charge >= 0.3 is 6.16 Å². The van der Waals surface area contributed by atoms with Crippen LogP contribution in [0.1, 0.15) is 40.9 Å². The first-order valence-electron chi connectivity index (χ1n) is 9.49. The summed E-state index contributed by atoms with van der Waals surface area (Å²) in [7, 11) is 1.61. The van der Waals surface area contributed by atoms with Crippen molar-refractivity contribution in [1.29, 1.82) is 0 Å². The molecule has 0 spiro atoms. The summed E-state index contributed by atoms with van der Waals surface area (Å²) < 4.78 is 17.4. The Kier molecular flexibility index (Phi) is 6.54. The van der Waals surface area contributed by atoms with Crippen molar-refractivity contribution in [2.45, 2.75) is 40.0 Å². The van der Waals surface area contributed by atoms with Crippen LogP contribution in [0.2, 0.25) is 0 Å². The maximum Gasteiger partial charge on any atom is 0.510 e. The third-order valence-corrected chi connectivity index (χ3v) is 5.09. The molecule has 1 heterocycles. The summed E-state index contributed by atoms with van der Waals surface area (Å²) in [4.78, 5) is 16.5. The van der Waals surface area contributed by atoms with Crippen molar-refractivity contribution >= 4 is 6.16 Å². The van der Waals surface area contributed by atoms with Crippen LogP contribution in [0.5, 0.6) is 5.75 Å². The van der Waals surface area contributed by atoms with E-state index in [2.05, 4.69) is 44.0 Å². The minimum atomic E-state index is -0.722. The SMILES string of the molecule is COc1ccc(COC(=O)OCn2ccnc2C(C)c2cccc(C)c2C)cc1. The monoisotopic (exact) mass is 394 g/mol. The molecule has 0 N–H and O–H groups in total. The Morgan fingerprint density at radius 1 is 1.10 bits per heavy atom. The van der Waals surface area contributed by atoms with Gasteiger partial charge in [0.2, 0.25) is 0 Å². The molecule has 0 amide bonds. The summed E-state index contributed by atoms with van der Waals surface area (Å²) in [5, 5.41) is 0. The predicted octanol–water partition coefficient (Wildman–Crippen LogP) is 4.97. The molecule has 0 aliphatic heterocycles. The van der Waals surface area contributed by atoms with Gasteiger partial charge in [0, 0.05) is 18.3 Å². The lowest BCUT2D eigenvalue weighted by atomic mass is 9.93. The van der Waals surface area contributed by atoms with Crippen LogP contribution in [0.15, 0.2) is 54.9 Å². The van der Waals surface area contributed by atoms with Crippen molar-refractivity contribution in [3.8, 4) is 5.75 Å². The van der Waals surface area contributed by atoms with E-state index in [1.54, 1.807) is 19.5 Å². The Morgan fingerprint density at radius 2 is 1.86 bits per heavy atom. The Labute approximate surface area is 171 Å². The smallest absolute Gasteiger partial charge is 0.497 e. The van der Waals surface area contributed by atoms with Gasteiger partial charge in [-0.3, -0.25) is 0 Å². The highest BCUT2D eigenvalue weighted by Gasteiger charge is 2.17. The minimum absolute atomic E-state index is 0.0476. The van der Waals surface area contributed by atoms with E-state index in [-0.39, 0.29) is 19.3 Å². The average Bonchev–Trinajstić information content (AvgIpc) is 3.21. The van der Waals surface area contributed by atoms with E-state index < -0.39 is 6.16 Å². The molecule has 0 bridgehead atoms. The largest absolute Gasteiger partial charge is 0.510 e. The summed E-state index contributed by atoms with van der Waals surface area (Å²) in [6.07, 6.45) is 2.79. The summed E-state index contributed by atoms with van der Waals surface area (Å²) in [6.45, 7) is 6.49. The predicted molar refractivity (Wildman–Crippen MR) is 110 cm³/mol. The van der Waals surface area contributed by atoms with E-state index in [1.165, 1.54) is 16.7 Å². The summed E-state index contributed by atoms with van der Waals surface area (Å²) >= 11 is 0. The van der Waals surface area contributed by atoms with Gasteiger partial charge in [0.1, 0.15) is 18.2 Å². The Hall–Kier alpha value is -3.28. The number of carbonyl (C=O) groups is 1. The van der Waals surface area contributed by atoms with Crippen molar-refractivity contribution in [2.75, 3.05) is 7.11 Å². The first-order chi connectivity index (χ1) is 14.0. The molecule has 0 saturated carbocycles. The molecule has 6 nitrogen and oxygen atoms in total. The number of carbonyl (C=O) groups excluding carboxylic acids is 1. The molecule has 0 aliphatic rings. The van der Waals surface area contributed by atoms with Crippen molar-refractivity contribution in [3.05, 3.63) is 82.9 Å². The van der Waals surface area contributed by atoms with Crippen LogP contribution < -0.4 is 4.74 Å². The molecule has 3 rings (SSSR count). The quantitative estimate of drug-likeness (QED) is 0.529. The number of nitrogens with zero attached hydrogens (tertiary/aromatic N) is 2. The molecule has 0 aliphatic carbocycles. The van der Waals surface area contributed by atoms with Crippen LogP contribution in [-0.4, -0.2) is 22.8 Å². The van der Waals surface area contributed by atoms with Crippen LogP contribution in [0.3, 0.4) is 0 Å². The number of benzene rings is 2. The zero-order valence-corrected chi connectivity index (χ0v) is 17.2. The Morgan fingerprint density at radius 3 is 2.59 bits per heavy atom. The molecule has 29 heavy (non-hydrogen) atoms. The van der Waals surface area contributed by atoms with E-state index >= 15 is 0 Å². The van der Waals surface area contributed by atoms with Gasteiger partial charge in [-0.25, -0.2) is 9.78 Å². The number of hydrogen-bond acceptors (Lipinski definition) is 5. The normalized spacial score (nSPS) is 11.7. The molecule has 3 aromatic rings. The molecule has 0 fully saturated rings. The van der Waals surface area contributed by atoms with Crippen molar-refractivity contribution < 1.29 is 19.0 Å². The second kappa shape index (κ2) is 9.28. The van der Waals surface area contributed by atoms with Crippen LogP contribution in [0.25, 0.3) is 0 Å². The van der Waals surface area contributed by atoms with Crippen molar-refractivity contribution in [3.63, 3.8) is 0 Å². The molecule has 0 saturated heterocycles. The lowest BCUT2D eigenvalue weighted by Gasteiger charge is -2.17. The van der Waals surface area contributed by atoms with Gasteiger partial charge in [-0.15, -0.1) is 0 Å². The Balaban J connectivity index is 1.58. The van der Waals surface area contributed by atoms with Gasteiger partial charge in [0.15, 0.2) is 6.73 Å². The fourth-order valence-corrected chi connectivity index (χ4v) is 3.22. The highest BCUT2D eigenvalue weighted by Crippen LogP contribution is 2.27. The summed E-state index contributed by atoms with van der Waals surface area (Å²) in [5.74, 6) is 1.66. The Bertz CT molecular complexity index is 963. The first kappa shape index (κ1) is 20.5. The van der Waals surface area contributed by atoms with Crippen molar-refractivity contribution in [2.24, 2.45) is 0 Å². The zero-order chi connectivity index (χ0) is 20.8. The van der Waals surface area contributed by atoms with Crippen LogP contribution in [0.4, 0.5) is 4.79 Å². The number of rotatable bonds is 7. The maximum absolute atomic E-state index is 12.0. The van der Waals surface area contributed by atoms with E-state index in [4.69, 9.17) is 14.2 Å². The second-order valence-corrected chi connectivity index (χ2v) is 6.93. The molecular weight excluding hydrogens is 368 g/mol. The van der Waals surface area contributed by atoms with Gasteiger partial charge in [-0.05, 0) is 48.2 Å². The third-order valence-electron chi connectivity index (χ3n) is 5.09. The topological polar surface area (TPSA) is 62.6 Å². The molecule has 2 aromatic carbocycles. The molecule has 0 radical (unpaired) electrons. The van der Waals surface area contributed by atoms with E-state index in [0.717, 1.165) is 17.1 Å².